The van der Waals surface area contributed by atoms with E-state index < -0.39 is 0 Å². The van der Waals surface area contributed by atoms with E-state index in [9.17, 15) is 9.59 Å². The van der Waals surface area contributed by atoms with Crippen molar-refractivity contribution in [1.29, 1.82) is 0 Å². The molecule has 0 N–H and O–H groups in total. The molecular weight excluding hydrogens is 372 g/mol. The van der Waals surface area contributed by atoms with Crippen LogP contribution >= 0.6 is 0 Å². The smallest absolute Gasteiger partial charge is 0.306 e. The van der Waals surface area contributed by atoms with Gasteiger partial charge >= 0.3 is 5.97 Å². The predicted molar refractivity (Wildman–Crippen MR) is 128 cm³/mol. The largest absolute Gasteiger partial charge is 0.461 e. The third kappa shape index (κ3) is 17.4. The van der Waals surface area contributed by atoms with Gasteiger partial charge < -0.3 is 9.53 Å². The highest BCUT2D eigenvalue weighted by Crippen LogP contribution is 2.08. The Hall–Kier alpha value is -2.68. The molecule has 0 aromatic rings. The zero-order valence-electron chi connectivity index (χ0n) is 19.5. The van der Waals surface area contributed by atoms with Crippen LogP contribution in [0.1, 0.15) is 67.2 Å². The predicted octanol–water partition coefficient (Wildman–Crippen LogP) is 7.15. The van der Waals surface area contributed by atoms with E-state index in [1.54, 1.807) is 0 Å². The maximum atomic E-state index is 11.5. The zero-order valence-corrected chi connectivity index (χ0v) is 19.5. The summed E-state index contributed by atoms with van der Waals surface area (Å²) in [4.78, 5) is 22.4. The van der Waals surface area contributed by atoms with Crippen molar-refractivity contribution in [2.24, 2.45) is 0 Å². The Labute approximate surface area is 183 Å². The second-order valence-corrected chi connectivity index (χ2v) is 7.53. The van der Waals surface area contributed by atoms with Crippen LogP contribution in [-0.4, -0.2) is 18.4 Å². The number of carbonyl (C=O) groups is 2. The van der Waals surface area contributed by atoms with Crippen LogP contribution in [0, 0.1) is 0 Å². The number of ether oxygens (including phenoxy) is 1. The molecule has 0 spiro atoms. The van der Waals surface area contributed by atoms with E-state index >= 15 is 0 Å². The molecule has 0 rings (SSSR count). The van der Waals surface area contributed by atoms with E-state index in [4.69, 9.17) is 4.74 Å². The minimum Gasteiger partial charge on any atom is -0.461 e. The van der Waals surface area contributed by atoms with Crippen LogP contribution in [0.25, 0.3) is 0 Å². The van der Waals surface area contributed by atoms with Gasteiger partial charge in [-0.05, 0) is 60.0 Å². The molecule has 0 aromatic heterocycles. The fourth-order valence-corrected chi connectivity index (χ4v) is 2.31. The van der Waals surface area contributed by atoms with E-state index in [1.807, 2.05) is 26.0 Å². The summed E-state index contributed by atoms with van der Waals surface area (Å²) in [7, 11) is 0. The molecule has 0 unspecified atom stereocenters. The summed E-state index contributed by atoms with van der Waals surface area (Å²) >= 11 is 0. The first-order valence-electron chi connectivity index (χ1n) is 10.5. The molecule has 0 saturated heterocycles. The lowest BCUT2D eigenvalue weighted by atomic mass is 10.1. The van der Waals surface area contributed by atoms with Gasteiger partial charge in [0, 0.05) is 6.42 Å². The Kier molecular flexibility index (Phi) is 15.7. The zero-order chi connectivity index (χ0) is 22.8. The fraction of sp³-hybridized carbons (Fsp3) is 0.407. The monoisotopic (exact) mass is 410 g/mol. The van der Waals surface area contributed by atoms with Gasteiger partial charge in [0.05, 0.1) is 6.42 Å². The molecule has 0 radical (unpaired) electrons. The lowest BCUT2D eigenvalue weighted by Crippen LogP contribution is -2.08. The highest BCUT2D eigenvalue weighted by Gasteiger charge is 2.04. The Bertz CT molecular complexity index is 753. The van der Waals surface area contributed by atoms with Crippen LogP contribution in [0.3, 0.4) is 0 Å². The molecule has 3 heteroatoms. The van der Waals surface area contributed by atoms with Gasteiger partial charge in [0.25, 0.3) is 0 Å². The van der Waals surface area contributed by atoms with Crippen molar-refractivity contribution in [3.05, 3.63) is 83.1 Å². The number of rotatable bonds is 13. The second kappa shape index (κ2) is 17.2. The summed E-state index contributed by atoms with van der Waals surface area (Å²) in [5, 5.41) is 0. The van der Waals surface area contributed by atoms with Gasteiger partial charge in [-0.15, -0.1) is 0 Å². The average Bonchev–Trinajstić information content (AvgIpc) is 2.69. The van der Waals surface area contributed by atoms with Gasteiger partial charge in [-0.1, -0.05) is 77.5 Å². The molecule has 0 atom stereocenters. The van der Waals surface area contributed by atoms with E-state index in [0.717, 1.165) is 18.4 Å². The summed E-state index contributed by atoms with van der Waals surface area (Å²) in [6, 6.07) is 0. The first-order valence-corrected chi connectivity index (χ1v) is 10.5. The molecule has 164 valence electrons. The van der Waals surface area contributed by atoms with Crippen LogP contribution in [0.5, 0.6) is 0 Å². The van der Waals surface area contributed by atoms with E-state index in [0.29, 0.717) is 6.61 Å². The molecule has 0 aliphatic rings. The summed E-state index contributed by atoms with van der Waals surface area (Å²) in [6.07, 6.45) is 23.0. The summed E-state index contributed by atoms with van der Waals surface area (Å²) in [5.41, 5.74) is 4.73. The van der Waals surface area contributed by atoms with Gasteiger partial charge in [0.15, 0.2) is 0 Å². The second-order valence-electron chi connectivity index (χ2n) is 7.53. The molecule has 0 aliphatic heterocycles. The molecule has 0 aliphatic carbocycles. The molecule has 0 aromatic carbocycles. The Balaban J connectivity index is 4.34. The van der Waals surface area contributed by atoms with Crippen LogP contribution in [0.4, 0.5) is 0 Å². The SMILES string of the molecule is C/C=C/C=C(C)/C=C/C=C(C)/C=C/C=C(\C)CC/C=C(\C)COC(=O)CCC(C)=O. The summed E-state index contributed by atoms with van der Waals surface area (Å²) in [6.45, 7) is 12.0. The van der Waals surface area contributed by atoms with E-state index in [2.05, 4.69) is 69.4 Å². The molecular formula is C27H38O3. The Morgan fingerprint density at radius 1 is 0.733 bits per heavy atom. The number of ketones is 1. The average molecular weight is 411 g/mol. The molecule has 30 heavy (non-hydrogen) atoms. The highest BCUT2D eigenvalue weighted by atomic mass is 16.5. The van der Waals surface area contributed by atoms with Gasteiger partial charge in [0.2, 0.25) is 0 Å². The number of carbonyl (C=O) groups excluding carboxylic acids is 2. The van der Waals surface area contributed by atoms with Gasteiger partial charge in [-0.25, -0.2) is 0 Å². The maximum Gasteiger partial charge on any atom is 0.306 e. The first kappa shape index (κ1) is 27.3. The fourth-order valence-electron chi connectivity index (χ4n) is 2.31. The summed E-state index contributed by atoms with van der Waals surface area (Å²) < 4.78 is 5.17. The van der Waals surface area contributed by atoms with Crippen molar-refractivity contribution in [2.75, 3.05) is 6.61 Å². The molecule has 0 fully saturated rings. The standard InChI is InChI=1S/C27H38O3/c1-7-8-12-22(2)13-9-14-23(3)15-10-16-24(4)17-11-18-25(5)21-30-27(29)20-19-26(6)28/h7-10,12-16,18H,11,17,19-21H2,1-6H3/b8-7+,13-9+,15-10+,22-12+,23-14+,24-16+,25-18+. The van der Waals surface area contributed by atoms with Crippen molar-refractivity contribution in [2.45, 2.75) is 67.2 Å². The highest BCUT2D eigenvalue weighted by molar-refractivity contribution is 5.81. The van der Waals surface area contributed by atoms with Crippen LogP contribution < -0.4 is 0 Å². The van der Waals surface area contributed by atoms with E-state index in [-0.39, 0.29) is 24.6 Å². The lowest BCUT2D eigenvalue weighted by Gasteiger charge is -2.05. The van der Waals surface area contributed by atoms with Crippen LogP contribution in [-0.2, 0) is 14.3 Å². The van der Waals surface area contributed by atoms with Crippen molar-refractivity contribution in [3.8, 4) is 0 Å². The van der Waals surface area contributed by atoms with Crippen LogP contribution in [0.15, 0.2) is 83.1 Å². The third-order valence-corrected chi connectivity index (χ3v) is 4.18. The lowest BCUT2D eigenvalue weighted by molar-refractivity contribution is -0.143. The van der Waals surface area contributed by atoms with E-state index in [1.165, 1.54) is 23.6 Å². The topological polar surface area (TPSA) is 43.4 Å². The van der Waals surface area contributed by atoms with Crippen molar-refractivity contribution >= 4 is 11.8 Å². The van der Waals surface area contributed by atoms with Crippen molar-refractivity contribution in [3.63, 3.8) is 0 Å². The number of Topliss-reactive ketones (excluding diaryl/α,β-unsaturated/α-hetero) is 1. The summed E-state index contributed by atoms with van der Waals surface area (Å²) in [5.74, 6) is -0.314. The van der Waals surface area contributed by atoms with Gasteiger partial charge in [0.1, 0.15) is 12.4 Å². The van der Waals surface area contributed by atoms with Crippen LogP contribution in [0.2, 0.25) is 0 Å². The first-order chi connectivity index (χ1) is 14.2. The van der Waals surface area contributed by atoms with Crippen molar-refractivity contribution < 1.29 is 14.3 Å². The Morgan fingerprint density at radius 3 is 1.93 bits per heavy atom. The molecule has 0 heterocycles. The molecule has 0 saturated carbocycles. The number of hydrogen-bond acceptors (Lipinski definition) is 3. The molecule has 0 amide bonds. The third-order valence-electron chi connectivity index (χ3n) is 4.18. The number of esters is 1. The maximum absolute atomic E-state index is 11.5. The minimum absolute atomic E-state index is 0.00463. The normalized spacial score (nSPS) is 14.3. The molecule has 0 bridgehead atoms. The number of allylic oxidation sites excluding steroid dienone is 13. The minimum atomic E-state index is -0.318. The van der Waals surface area contributed by atoms with Gasteiger partial charge in [-0.2, -0.15) is 0 Å². The van der Waals surface area contributed by atoms with Crippen molar-refractivity contribution in [1.82, 2.24) is 0 Å². The van der Waals surface area contributed by atoms with Gasteiger partial charge in [-0.3, -0.25) is 4.79 Å². The number of hydrogen-bond donors (Lipinski definition) is 0. The quantitative estimate of drug-likeness (QED) is 0.184. The Morgan fingerprint density at radius 2 is 1.33 bits per heavy atom. The molecule has 3 nitrogen and oxygen atoms in total.